The van der Waals surface area contributed by atoms with Gasteiger partial charge in [0.25, 0.3) is 0 Å². The summed E-state index contributed by atoms with van der Waals surface area (Å²) in [5, 5.41) is 12.5. The van der Waals surface area contributed by atoms with Crippen LogP contribution in [-0.4, -0.2) is 26.7 Å². The molecule has 1 saturated carbocycles. The Kier molecular flexibility index (Phi) is 3.50. The number of nitrogens with zero attached hydrogens (tertiary/aromatic N) is 3. The van der Waals surface area contributed by atoms with E-state index in [2.05, 4.69) is 15.5 Å². The van der Waals surface area contributed by atoms with E-state index >= 15 is 0 Å². The molecule has 1 aromatic carbocycles. The Hall–Kier alpha value is -2.40. The van der Waals surface area contributed by atoms with Crippen LogP contribution in [0.1, 0.15) is 18.4 Å². The second-order valence-corrected chi connectivity index (χ2v) is 6.16. The number of fused-ring (bicyclic) bond motifs is 1. The van der Waals surface area contributed by atoms with E-state index in [1.165, 1.54) is 0 Å². The third-order valence-corrected chi connectivity index (χ3v) is 4.15. The molecule has 1 aliphatic rings. The van der Waals surface area contributed by atoms with Crippen molar-refractivity contribution < 1.29 is 4.79 Å². The van der Waals surface area contributed by atoms with Crippen molar-refractivity contribution in [2.75, 3.05) is 0 Å². The highest BCUT2D eigenvalue weighted by Crippen LogP contribution is 2.25. The highest BCUT2D eigenvalue weighted by Gasteiger charge is 2.23. The van der Waals surface area contributed by atoms with Gasteiger partial charge in [-0.3, -0.25) is 9.36 Å². The highest BCUT2D eigenvalue weighted by molar-refractivity contribution is 6.29. The zero-order chi connectivity index (χ0) is 15.8. The number of para-hydroxylation sites is 1. The smallest absolute Gasteiger partial charge is 0.224 e. The number of rotatable bonds is 4. The maximum absolute atomic E-state index is 12.1. The molecule has 3 aromatic rings. The normalized spacial score (nSPS) is 14.1. The molecule has 6 heteroatoms. The molecule has 116 valence electrons. The summed E-state index contributed by atoms with van der Waals surface area (Å²) in [4.78, 5) is 12.1. The van der Waals surface area contributed by atoms with Crippen LogP contribution in [0.3, 0.4) is 0 Å². The number of benzene rings is 1. The van der Waals surface area contributed by atoms with E-state index in [9.17, 15) is 4.79 Å². The summed E-state index contributed by atoms with van der Waals surface area (Å²) in [5.74, 6) is 0.747. The summed E-state index contributed by atoms with van der Waals surface area (Å²) in [6, 6.07) is 11.9. The maximum atomic E-state index is 12.1. The first-order valence-electron chi connectivity index (χ1n) is 7.58. The standard InChI is InChI=1S/C17H15ClN4O/c18-15-7-8-16(21-20-15)22-10-11(9-17(23)19-12-5-6-12)13-3-1-2-4-14(13)22/h1-4,7-8,10,12H,5-6,9H2,(H,19,23). The monoisotopic (exact) mass is 326 g/mol. The van der Waals surface area contributed by atoms with Gasteiger partial charge in [0, 0.05) is 17.6 Å². The van der Waals surface area contributed by atoms with Crippen molar-refractivity contribution in [2.24, 2.45) is 0 Å². The number of hydrogen-bond acceptors (Lipinski definition) is 3. The molecule has 0 bridgehead atoms. The molecule has 2 aromatic heterocycles. The quantitative estimate of drug-likeness (QED) is 0.802. The van der Waals surface area contributed by atoms with Gasteiger partial charge in [-0.1, -0.05) is 29.8 Å². The average molecular weight is 327 g/mol. The van der Waals surface area contributed by atoms with E-state index in [1.54, 1.807) is 6.07 Å². The summed E-state index contributed by atoms with van der Waals surface area (Å²) in [6.45, 7) is 0. The molecule has 1 aliphatic carbocycles. The molecular formula is C17H15ClN4O. The van der Waals surface area contributed by atoms with Crippen molar-refractivity contribution in [1.82, 2.24) is 20.1 Å². The molecule has 0 saturated heterocycles. The highest BCUT2D eigenvalue weighted by atomic mass is 35.5. The van der Waals surface area contributed by atoms with Crippen molar-refractivity contribution in [3.8, 4) is 5.82 Å². The predicted octanol–water partition coefficient (Wildman–Crippen LogP) is 2.90. The Balaban J connectivity index is 1.73. The van der Waals surface area contributed by atoms with Gasteiger partial charge >= 0.3 is 0 Å². The Labute approximate surface area is 138 Å². The van der Waals surface area contributed by atoms with Crippen molar-refractivity contribution in [3.63, 3.8) is 0 Å². The lowest BCUT2D eigenvalue weighted by Gasteiger charge is -2.02. The third-order valence-electron chi connectivity index (χ3n) is 3.95. The second kappa shape index (κ2) is 5.66. The second-order valence-electron chi connectivity index (χ2n) is 5.77. The molecule has 0 atom stereocenters. The first kappa shape index (κ1) is 14.2. The molecule has 1 amide bonds. The molecule has 4 rings (SSSR count). The lowest BCUT2D eigenvalue weighted by atomic mass is 10.1. The van der Waals surface area contributed by atoms with Crippen molar-refractivity contribution in [3.05, 3.63) is 53.3 Å². The molecule has 5 nitrogen and oxygen atoms in total. The van der Waals surface area contributed by atoms with Crippen molar-refractivity contribution >= 4 is 28.4 Å². The molecule has 1 fully saturated rings. The number of amides is 1. The van der Waals surface area contributed by atoms with Crippen LogP contribution in [0.2, 0.25) is 5.15 Å². The van der Waals surface area contributed by atoms with Gasteiger partial charge in [-0.2, -0.15) is 0 Å². The van der Waals surface area contributed by atoms with Gasteiger partial charge in [0.1, 0.15) is 0 Å². The van der Waals surface area contributed by atoms with Gasteiger partial charge in [-0.05, 0) is 36.6 Å². The molecule has 0 radical (unpaired) electrons. The number of aromatic nitrogens is 3. The summed E-state index contributed by atoms with van der Waals surface area (Å²) >= 11 is 5.81. The first-order valence-corrected chi connectivity index (χ1v) is 7.96. The fraction of sp³-hybridized carbons (Fsp3) is 0.235. The van der Waals surface area contributed by atoms with Gasteiger partial charge in [-0.25, -0.2) is 0 Å². The molecule has 2 heterocycles. The third kappa shape index (κ3) is 2.92. The van der Waals surface area contributed by atoms with Gasteiger partial charge in [0.05, 0.1) is 11.9 Å². The van der Waals surface area contributed by atoms with Crippen LogP contribution in [0.15, 0.2) is 42.6 Å². The van der Waals surface area contributed by atoms with E-state index < -0.39 is 0 Å². The Morgan fingerprint density at radius 1 is 1.22 bits per heavy atom. The minimum Gasteiger partial charge on any atom is -0.353 e. The van der Waals surface area contributed by atoms with Gasteiger partial charge in [0.15, 0.2) is 11.0 Å². The molecule has 0 spiro atoms. The zero-order valence-electron chi connectivity index (χ0n) is 12.4. The lowest BCUT2D eigenvalue weighted by Crippen LogP contribution is -2.26. The largest absolute Gasteiger partial charge is 0.353 e. The van der Waals surface area contributed by atoms with E-state index in [1.807, 2.05) is 41.1 Å². The van der Waals surface area contributed by atoms with Crippen LogP contribution < -0.4 is 5.32 Å². The molecular weight excluding hydrogens is 312 g/mol. The van der Waals surface area contributed by atoms with E-state index in [0.717, 1.165) is 29.3 Å². The minimum atomic E-state index is 0.0672. The van der Waals surface area contributed by atoms with E-state index in [-0.39, 0.29) is 5.91 Å². The molecule has 0 unspecified atom stereocenters. The SMILES string of the molecule is O=C(Cc1cn(-c2ccc(Cl)nn2)c2ccccc12)NC1CC1. The maximum Gasteiger partial charge on any atom is 0.224 e. The van der Waals surface area contributed by atoms with Crippen LogP contribution in [0.5, 0.6) is 0 Å². The van der Waals surface area contributed by atoms with Crippen molar-refractivity contribution in [1.29, 1.82) is 0 Å². The summed E-state index contributed by atoms with van der Waals surface area (Å²) in [7, 11) is 0. The fourth-order valence-electron chi connectivity index (χ4n) is 2.70. The van der Waals surface area contributed by atoms with E-state index in [4.69, 9.17) is 11.6 Å². The average Bonchev–Trinajstić information content (AvgIpc) is 3.29. The molecule has 23 heavy (non-hydrogen) atoms. The summed E-state index contributed by atoms with van der Waals surface area (Å²) < 4.78 is 1.94. The number of hydrogen-bond donors (Lipinski definition) is 1. The molecule has 1 N–H and O–H groups in total. The number of nitrogens with one attached hydrogen (secondary N) is 1. The summed E-state index contributed by atoms with van der Waals surface area (Å²) in [6.07, 6.45) is 4.50. The van der Waals surface area contributed by atoms with Gasteiger partial charge in [-0.15, -0.1) is 10.2 Å². The predicted molar refractivity (Wildman–Crippen MR) is 88.7 cm³/mol. The Morgan fingerprint density at radius 3 is 2.78 bits per heavy atom. The van der Waals surface area contributed by atoms with Crippen LogP contribution >= 0.6 is 11.6 Å². The number of carbonyl (C=O) groups excluding carboxylic acids is 1. The minimum absolute atomic E-state index is 0.0672. The number of carbonyl (C=O) groups is 1. The topological polar surface area (TPSA) is 59.8 Å². The Bertz CT molecular complexity index is 868. The van der Waals surface area contributed by atoms with Crippen LogP contribution in [0.4, 0.5) is 0 Å². The number of halogens is 1. The van der Waals surface area contributed by atoms with Crippen LogP contribution in [0.25, 0.3) is 16.7 Å². The van der Waals surface area contributed by atoms with Crippen molar-refractivity contribution in [2.45, 2.75) is 25.3 Å². The summed E-state index contributed by atoms with van der Waals surface area (Å²) in [5.41, 5.74) is 1.98. The lowest BCUT2D eigenvalue weighted by molar-refractivity contribution is -0.120. The van der Waals surface area contributed by atoms with Crippen LogP contribution in [0, 0.1) is 0 Å². The van der Waals surface area contributed by atoms with Gasteiger partial charge in [0.2, 0.25) is 5.91 Å². The molecule has 0 aliphatic heterocycles. The van der Waals surface area contributed by atoms with Crippen LogP contribution in [-0.2, 0) is 11.2 Å². The van der Waals surface area contributed by atoms with Gasteiger partial charge < -0.3 is 5.32 Å². The first-order chi connectivity index (χ1) is 11.2. The fourth-order valence-corrected chi connectivity index (χ4v) is 2.80. The zero-order valence-corrected chi connectivity index (χ0v) is 13.1. The van der Waals surface area contributed by atoms with E-state index in [0.29, 0.717) is 23.4 Å². The Morgan fingerprint density at radius 2 is 2.04 bits per heavy atom.